The molecule has 3 aliphatic heterocycles. The summed E-state index contributed by atoms with van der Waals surface area (Å²) in [4.78, 5) is 41.0. The number of hydrogen-bond acceptors (Lipinski definition) is 23. The second kappa shape index (κ2) is 14.2. The summed E-state index contributed by atoms with van der Waals surface area (Å²) < 4.78 is 78.9. The van der Waals surface area contributed by atoms with E-state index in [0.717, 1.165) is 10.9 Å². The Balaban J connectivity index is 1.42. The third kappa shape index (κ3) is 8.50. The standard InChI is InChI=1S/C20H32N5O22P3/c21-18-23-15-12(16(32)24-18)22-6-25(15)17-14(31)13(30)11(41-17)5-40-49(38,46-48(35,36)37)47-50(39,44-19(33)1-7(28)9(3-26)42-19)45-20(34)2-8(29)10(4-27)43-20/h6-11,13-14,17,26-31,33-34H,1-5H2,(H2,35,36,37)(H3,21,23,24,32)/t7-,8-,9+,10+,11+,13+,14+,17+,19-,20-,49?/m0/s1. The smallest absolute Gasteiger partial charge is 0.394 e. The van der Waals surface area contributed by atoms with Gasteiger partial charge in [0.25, 0.3) is 17.5 Å². The van der Waals surface area contributed by atoms with E-state index in [1.165, 1.54) is 0 Å². The van der Waals surface area contributed by atoms with Crippen molar-refractivity contribution in [2.45, 2.75) is 73.7 Å². The highest BCUT2D eigenvalue weighted by atomic mass is 31.3. The lowest BCUT2D eigenvalue weighted by Gasteiger charge is -2.32. The fraction of sp³-hybridized carbons (Fsp3) is 0.750. The van der Waals surface area contributed by atoms with Gasteiger partial charge in [-0.05, 0) is 0 Å². The topological polar surface area (TPSA) is 417 Å². The first-order valence-corrected chi connectivity index (χ1v) is 18.4. The van der Waals surface area contributed by atoms with E-state index < -0.39 is 123 Å². The molecule has 3 aliphatic rings. The minimum atomic E-state index is -6.17. The molecule has 50 heavy (non-hydrogen) atoms. The highest BCUT2D eigenvalue weighted by Gasteiger charge is 2.59. The van der Waals surface area contributed by atoms with Gasteiger partial charge in [-0.3, -0.25) is 18.9 Å². The van der Waals surface area contributed by atoms with Crippen molar-refractivity contribution < 1.29 is 101 Å². The summed E-state index contributed by atoms with van der Waals surface area (Å²) in [6.45, 7) is -3.21. The maximum absolute atomic E-state index is 13.9. The van der Waals surface area contributed by atoms with Crippen molar-refractivity contribution in [2.75, 3.05) is 25.6 Å². The van der Waals surface area contributed by atoms with Gasteiger partial charge in [-0.1, -0.05) is 0 Å². The highest BCUT2D eigenvalue weighted by Crippen LogP contribution is 2.73. The molecular formula is C20H32N5O22P3. The Labute approximate surface area is 277 Å². The number of aromatic amines is 1. The third-order valence-corrected chi connectivity index (χ3v) is 11.9. The fourth-order valence-corrected chi connectivity index (χ4v) is 9.41. The van der Waals surface area contributed by atoms with Gasteiger partial charge in [0, 0.05) is 0 Å². The molecule has 0 aromatic carbocycles. The summed E-state index contributed by atoms with van der Waals surface area (Å²) in [6, 6.07) is 0. The average Bonchev–Trinajstić information content (AvgIpc) is 3.68. The van der Waals surface area contributed by atoms with Crippen LogP contribution in [0.4, 0.5) is 5.95 Å². The SMILES string of the molecule is Nc1nc2c(ncn2[C@@H]2O[C@H](COP(=O)(OP(=O)(O)O)OP(=O)(O[C@]3(O)C[C@H](O)[C@@H](CO)O3)O[C@]3(O)C[C@H](O)[C@@H](CO)O3)[C@@H](O)[C@H]2O)c(=O)[nH]1. The Bertz CT molecular complexity index is 1720. The molecule has 2 aromatic heterocycles. The molecule has 5 heterocycles. The quantitative estimate of drug-likeness (QED) is 0.0632. The summed E-state index contributed by atoms with van der Waals surface area (Å²) in [7, 11) is -18.3. The first-order chi connectivity index (χ1) is 23.1. The van der Waals surface area contributed by atoms with Gasteiger partial charge in [-0.2, -0.15) is 13.6 Å². The Morgan fingerprint density at radius 2 is 1.48 bits per heavy atom. The van der Waals surface area contributed by atoms with Crippen LogP contribution in [0.2, 0.25) is 0 Å². The molecule has 3 saturated heterocycles. The van der Waals surface area contributed by atoms with Crippen molar-refractivity contribution in [2.24, 2.45) is 0 Å². The normalized spacial score (nSPS) is 36.4. The second-order valence-electron chi connectivity index (χ2n) is 11.0. The van der Waals surface area contributed by atoms with E-state index in [1.54, 1.807) is 0 Å². The van der Waals surface area contributed by atoms with Crippen LogP contribution in [-0.4, -0.2) is 145 Å². The molecular weight excluding hydrogens is 755 g/mol. The molecule has 1 unspecified atom stereocenters. The molecule has 11 atom stereocenters. The lowest BCUT2D eigenvalue weighted by molar-refractivity contribution is -0.341. The summed E-state index contributed by atoms with van der Waals surface area (Å²) in [6.07, 6.45) is -15.1. The number of anilines is 1. The van der Waals surface area contributed by atoms with Gasteiger partial charge in [-0.25, -0.2) is 27.7 Å². The van der Waals surface area contributed by atoms with Crippen LogP contribution in [0.3, 0.4) is 0 Å². The van der Waals surface area contributed by atoms with Crippen molar-refractivity contribution in [1.29, 1.82) is 0 Å². The number of nitrogens with two attached hydrogens (primary N) is 1. The summed E-state index contributed by atoms with van der Waals surface area (Å²) in [5.74, 6) is -6.93. The molecule has 0 radical (unpaired) electrons. The van der Waals surface area contributed by atoms with Crippen molar-refractivity contribution >= 4 is 40.6 Å². The van der Waals surface area contributed by atoms with E-state index in [0.29, 0.717) is 0 Å². The lowest BCUT2D eigenvalue weighted by Crippen LogP contribution is -2.37. The van der Waals surface area contributed by atoms with E-state index >= 15 is 0 Å². The van der Waals surface area contributed by atoms with Gasteiger partial charge < -0.3 is 70.6 Å². The van der Waals surface area contributed by atoms with Gasteiger partial charge in [0.05, 0.1) is 51.2 Å². The summed E-state index contributed by atoms with van der Waals surface area (Å²) in [5, 5.41) is 81.6. The highest BCUT2D eigenvalue weighted by molar-refractivity contribution is 7.67. The molecule has 13 N–H and O–H groups in total. The molecule has 2 aromatic rings. The lowest BCUT2D eigenvalue weighted by atomic mass is 10.1. The second-order valence-corrected chi connectivity index (χ2v) is 15.7. The summed E-state index contributed by atoms with van der Waals surface area (Å²) in [5.41, 5.74) is 4.30. The Morgan fingerprint density at radius 3 is 1.98 bits per heavy atom. The molecule has 0 amide bonds. The molecule has 284 valence electrons. The number of phosphoric acid groups is 3. The number of aliphatic hydroxyl groups is 8. The van der Waals surface area contributed by atoms with E-state index in [9.17, 15) is 69.1 Å². The first kappa shape index (κ1) is 39.3. The van der Waals surface area contributed by atoms with Gasteiger partial charge in [0.15, 0.2) is 17.4 Å². The number of nitrogens with zero attached hydrogens (tertiary/aromatic N) is 3. The van der Waals surface area contributed by atoms with Crippen LogP contribution in [0, 0.1) is 0 Å². The minimum absolute atomic E-state index is 0.223. The van der Waals surface area contributed by atoms with Crippen LogP contribution in [0.1, 0.15) is 19.1 Å². The van der Waals surface area contributed by atoms with E-state index in [-0.39, 0.29) is 17.1 Å². The molecule has 27 nitrogen and oxygen atoms in total. The average molecular weight is 787 g/mol. The molecule has 0 bridgehead atoms. The minimum Gasteiger partial charge on any atom is -0.394 e. The maximum Gasteiger partial charge on any atom is 0.492 e. The van der Waals surface area contributed by atoms with Crippen LogP contribution in [-0.2, 0) is 50.1 Å². The molecule has 0 spiro atoms. The molecule has 5 rings (SSSR count). The fourth-order valence-electron chi connectivity index (χ4n) is 5.06. The molecule has 0 saturated carbocycles. The number of H-pyrrole nitrogens is 1. The van der Waals surface area contributed by atoms with Gasteiger partial charge in [0.1, 0.15) is 30.5 Å². The number of rotatable bonds is 14. The number of nitrogens with one attached hydrogen (secondary N) is 1. The Morgan fingerprint density at radius 1 is 0.920 bits per heavy atom. The number of fused-ring (bicyclic) bond motifs is 1. The van der Waals surface area contributed by atoms with Crippen LogP contribution in [0.25, 0.3) is 11.2 Å². The largest absolute Gasteiger partial charge is 0.492 e. The number of nitrogen functional groups attached to an aromatic ring is 1. The zero-order valence-corrected chi connectivity index (χ0v) is 27.5. The van der Waals surface area contributed by atoms with Gasteiger partial charge in [-0.15, -0.1) is 0 Å². The zero-order chi connectivity index (χ0) is 37.0. The van der Waals surface area contributed by atoms with Gasteiger partial charge >= 0.3 is 23.5 Å². The maximum atomic E-state index is 13.9. The van der Waals surface area contributed by atoms with Gasteiger partial charge in [0.2, 0.25) is 5.95 Å². The van der Waals surface area contributed by atoms with Crippen LogP contribution in [0.5, 0.6) is 0 Å². The Hall–Kier alpha value is -1.88. The van der Waals surface area contributed by atoms with Crippen molar-refractivity contribution in [3.8, 4) is 0 Å². The number of aromatic nitrogens is 4. The predicted octanol–water partition coefficient (Wildman–Crippen LogP) is -4.71. The molecule has 3 fully saturated rings. The Kier molecular flexibility index (Phi) is 11.1. The number of phosphoric ester groups is 1. The third-order valence-electron chi connectivity index (χ3n) is 7.20. The van der Waals surface area contributed by atoms with Crippen LogP contribution < -0.4 is 11.3 Å². The summed E-state index contributed by atoms with van der Waals surface area (Å²) >= 11 is 0. The van der Waals surface area contributed by atoms with Crippen molar-refractivity contribution in [3.63, 3.8) is 0 Å². The monoisotopic (exact) mass is 787 g/mol. The molecule has 30 heteroatoms. The van der Waals surface area contributed by atoms with E-state index in [1.807, 2.05) is 0 Å². The number of aliphatic hydroxyl groups excluding tert-OH is 6. The zero-order valence-electron chi connectivity index (χ0n) is 24.9. The van der Waals surface area contributed by atoms with Crippen LogP contribution >= 0.6 is 23.5 Å². The number of ether oxygens (including phenoxy) is 3. The number of hydrogen-bond donors (Lipinski definition) is 12. The van der Waals surface area contributed by atoms with Crippen molar-refractivity contribution in [1.82, 2.24) is 19.5 Å². The van der Waals surface area contributed by atoms with E-state index in [2.05, 4.69) is 23.6 Å². The van der Waals surface area contributed by atoms with E-state index in [4.69, 9.17) is 33.5 Å². The number of imidazole rings is 1. The first-order valence-electron chi connectivity index (χ1n) is 14.0. The molecule has 0 aliphatic carbocycles. The predicted molar refractivity (Wildman–Crippen MR) is 151 cm³/mol. The van der Waals surface area contributed by atoms with Crippen molar-refractivity contribution in [3.05, 3.63) is 16.7 Å². The van der Waals surface area contributed by atoms with Crippen LogP contribution in [0.15, 0.2) is 11.1 Å².